The Bertz CT molecular complexity index is 379. The number of piperidine rings is 1. The van der Waals surface area contributed by atoms with Gasteiger partial charge >= 0.3 is 5.97 Å². The number of nitrogens with zero attached hydrogens (tertiary/aromatic N) is 3. The van der Waals surface area contributed by atoms with Gasteiger partial charge in [0.25, 0.3) is 0 Å². The maximum Gasteiger partial charge on any atom is 0.313 e. The van der Waals surface area contributed by atoms with Crippen molar-refractivity contribution in [3.8, 4) is 0 Å². The van der Waals surface area contributed by atoms with Crippen LogP contribution in [-0.2, 0) is 4.79 Å². The highest BCUT2D eigenvalue weighted by molar-refractivity contribution is 8.01. The Balaban J connectivity index is 1.82. The third kappa shape index (κ3) is 4.14. The van der Waals surface area contributed by atoms with Gasteiger partial charge in [-0.1, -0.05) is 29.5 Å². The molecule has 0 amide bonds. The molecule has 17 heavy (non-hydrogen) atoms. The van der Waals surface area contributed by atoms with Gasteiger partial charge in [0, 0.05) is 13.1 Å². The van der Waals surface area contributed by atoms with E-state index in [9.17, 15) is 4.79 Å². The average Bonchev–Trinajstić information content (AvgIpc) is 2.75. The number of carbonyl (C=O) groups is 1. The summed E-state index contributed by atoms with van der Waals surface area (Å²) in [5.41, 5.74) is 3.21. The number of rotatable bonds is 5. The van der Waals surface area contributed by atoms with Crippen LogP contribution in [0.2, 0.25) is 0 Å². The lowest BCUT2D eigenvalue weighted by Crippen LogP contribution is -2.34. The Morgan fingerprint density at radius 1 is 1.41 bits per heavy atom. The molecule has 1 aliphatic rings. The molecule has 2 heterocycles. The van der Waals surface area contributed by atoms with E-state index in [1.54, 1.807) is 0 Å². The van der Waals surface area contributed by atoms with Crippen LogP contribution in [0.1, 0.15) is 19.3 Å². The van der Waals surface area contributed by atoms with Crippen molar-refractivity contribution in [2.24, 2.45) is 0 Å². The number of hydrogen-bond donors (Lipinski definition) is 2. The molecule has 94 valence electrons. The van der Waals surface area contributed by atoms with Gasteiger partial charge in [-0.3, -0.25) is 10.2 Å². The van der Waals surface area contributed by atoms with E-state index in [2.05, 4.69) is 20.6 Å². The molecule has 0 aromatic carbocycles. The van der Waals surface area contributed by atoms with E-state index in [1.807, 2.05) is 0 Å². The van der Waals surface area contributed by atoms with Crippen LogP contribution >= 0.6 is 23.1 Å². The maximum absolute atomic E-state index is 10.4. The molecule has 0 spiro atoms. The summed E-state index contributed by atoms with van der Waals surface area (Å²) in [4.78, 5) is 10.4. The van der Waals surface area contributed by atoms with Gasteiger partial charge in [-0.25, -0.2) is 5.01 Å². The third-order valence-electron chi connectivity index (χ3n) is 2.34. The Morgan fingerprint density at radius 3 is 2.88 bits per heavy atom. The van der Waals surface area contributed by atoms with Crippen molar-refractivity contribution in [3.63, 3.8) is 0 Å². The fourth-order valence-electron chi connectivity index (χ4n) is 1.58. The minimum Gasteiger partial charge on any atom is -0.481 e. The summed E-state index contributed by atoms with van der Waals surface area (Å²) in [7, 11) is 0. The fourth-order valence-corrected chi connectivity index (χ4v) is 3.08. The minimum absolute atomic E-state index is 0.0261. The lowest BCUT2D eigenvalue weighted by Gasteiger charge is -2.26. The minimum atomic E-state index is -0.837. The van der Waals surface area contributed by atoms with Gasteiger partial charge in [0.05, 0.1) is 5.75 Å². The van der Waals surface area contributed by atoms with E-state index < -0.39 is 5.97 Å². The number of aromatic nitrogens is 2. The lowest BCUT2D eigenvalue weighted by atomic mass is 10.2. The standard InChI is InChI=1S/C9H14N4O2S2/c14-7(15)6-16-9-11-10-8(17-9)12-13-4-2-1-3-5-13/h1-6H2,(H,10,12)(H,14,15). The van der Waals surface area contributed by atoms with Gasteiger partial charge in [0.1, 0.15) is 0 Å². The molecule has 2 N–H and O–H groups in total. The molecular formula is C9H14N4O2S2. The Labute approximate surface area is 107 Å². The molecule has 0 radical (unpaired) electrons. The fraction of sp³-hybridized carbons (Fsp3) is 0.667. The number of anilines is 1. The second-order valence-electron chi connectivity index (χ2n) is 3.72. The molecule has 0 aliphatic carbocycles. The van der Waals surface area contributed by atoms with E-state index in [0.717, 1.165) is 18.2 Å². The predicted molar refractivity (Wildman–Crippen MR) is 67.3 cm³/mol. The van der Waals surface area contributed by atoms with Crippen LogP contribution in [0.3, 0.4) is 0 Å². The van der Waals surface area contributed by atoms with E-state index in [1.165, 1.54) is 42.4 Å². The Morgan fingerprint density at radius 2 is 2.18 bits per heavy atom. The molecule has 1 aromatic heterocycles. The highest BCUT2D eigenvalue weighted by atomic mass is 32.2. The van der Waals surface area contributed by atoms with Crippen molar-refractivity contribution in [2.45, 2.75) is 23.6 Å². The number of hydrogen-bond acceptors (Lipinski definition) is 7. The van der Waals surface area contributed by atoms with E-state index >= 15 is 0 Å². The van der Waals surface area contributed by atoms with E-state index in [-0.39, 0.29) is 5.75 Å². The number of hydrazine groups is 1. The molecule has 1 aromatic rings. The molecule has 1 saturated heterocycles. The van der Waals surface area contributed by atoms with Gasteiger partial charge in [-0.15, -0.1) is 10.2 Å². The molecule has 2 rings (SSSR count). The molecule has 0 bridgehead atoms. The largest absolute Gasteiger partial charge is 0.481 e. The van der Waals surface area contributed by atoms with Crippen molar-refractivity contribution in [1.82, 2.24) is 15.2 Å². The molecular weight excluding hydrogens is 260 g/mol. The summed E-state index contributed by atoms with van der Waals surface area (Å²) in [5, 5.41) is 19.3. The molecule has 0 unspecified atom stereocenters. The normalized spacial score (nSPS) is 16.9. The second kappa shape index (κ2) is 6.18. The Kier molecular flexibility index (Phi) is 4.57. The van der Waals surface area contributed by atoms with Crippen LogP contribution in [0.25, 0.3) is 0 Å². The first kappa shape index (κ1) is 12.6. The number of carboxylic acid groups (broad SMARTS) is 1. The summed E-state index contributed by atoms with van der Waals surface area (Å²) < 4.78 is 0.687. The monoisotopic (exact) mass is 274 g/mol. The lowest BCUT2D eigenvalue weighted by molar-refractivity contribution is -0.133. The molecule has 1 fully saturated rings. The first-order chi connectivity index (χ1) is 8.24. The maximum atomic E-state index is 10.4. The van der Waals surface area contributed by atoms with Gasteiger partial charge in [0.2, 0.25) is 5.13 Å². The van der Waals surface area contributed by atoms with Gasteiger partial charge in [0.15, 0.2) is 4.34 Å². The third-order valence-corrected chi connectivity index (χ3v) is 4.28. The first-order valence-corrected chi connectivity index (χ1v) is 7.24. The molecule has 6 nitrogen and oxygen atoms in total. The smallest absolute Gasteiger partial charge is 0.313 e. The number of nitrogens with one attached hydrogen (secondary N) is 1. The summed E-state index contributed by atoms with van der Waals surface area (Å²) in [6, 6.07) is 0. The van der Waals surface area contributed by atoms with Gasteiger partial charge < -0.3 is 5.11 Å². The zero-order chi connectivity index (χ0) is 12.1. The van der Waals surface area contributed by atoms with E-state index in [0.29, 0.717) is 4.34 Å². The summed E-state index contributed by atoms with van der Waals surface area (Å²) in [6.07, 6.45) is 3.69. The van der Waals surface area contributed by atoms with Gasteiger partial charge in [-0.05, 0) is 12.8 Å². The highest BCUT2D eigenvalue weighted by Crippen LogP contribution is 2.25. The zero-order valence-electron chi connectivity index (χ0n) is 9.26. The first-order valence-electron chi connectivity index (χ1n) is 5.44. The Hall–Kier alpha value is -0.860. The van der Waals surface area contributed by atoms with Crippen LogP contribution in [0.15, 0.2) is 4.34 Å². The molecule has 0 atom stereocenters. The van der Waals surface area contributed by atoms with Crippen LogP contribution in [0.5, 0.6) is 0 Å². The van der Waals surface area contributed by atoms with Gasteiger partial charge in [-0.2, -0.15) is 0 Å². The van der Waals surface area contributed by atoms with Crippen LogP contribution in [0, 0.1) is 0 Å². The number of carboxylic acids is 1. The average molecular weight is 274 g/mol. The zero-order valence-corrected chi connectivity index (χ0v) is 10.9. The number of aliphatic carboxylic acids is 1. The summed E-state index contributed by atoms with van der Waals surface area (Å²) in [5.74, 6) is -0.811. The summed E-state index contributed by atoms with van der Waals surface area (Å²) >= 11 is 2.59. The number of thioether (sulfide) groups is 1. The summed E-state index contributed by atoms with van der Waals surface area (Å²) in [6.45, 7) is 2.05. The van der Waals surface area contributed by atoms with Crippen molar-refractivity contribution in [2.75, 3.05) is 24.3 Å². The molecule has 1 aliphatic heterocycles. The van der Waals surface area contributed by atoms with Crippen LogP contribution in [0.4, 0.5) is 5.13 Å². The van der Waals surface area contributed by atoms with Crippen molar-refractivity contribution < 1.29 is 9.90 Å². The van der Waals surface area contributed by atoms with Crippen molar-refractivity contribution in [1.29, 1.82) is 0 Å². The SMILES string of the molecule is O=C(O)CSc1nnc(NN2CCCCC2)s1. The van der Waals surface area contributed by atoms with E-state index in [4.69, 9.17) is 5.11 Å². The topological polar surface area (TPSA) is 78.3 Å². The van der Waals surface area contributed by atoms with Crippen molar-refractivity contribution >= 4 is 34.2 Å². The molecule has 8 heteroatoms. The van der Waals surface area contributed by atoms with Crippen LogP contribution < -0.4 is 5.43 Å². The van der Waals surface area contributed by atoms with Crippen LogP contribution in [-0.4, -0.2) is 45.1 Å². The van der Waals surface area contributed by atoms with Crippen molar-refractivity contribution in [3.05, 3.63) is 0 Å². The quantitative estimate of drug-likeness (QED) is 0.788. The highest BCUT2D eigenvalue weighted by Gasteiger charge is 2.12. The predicted octanol–water partition coefficient (Wildman–Crippen LogP) is 1.53. The second-order valence-corrected chi connectivity index (χ2v) is 5.92. The molecule has 0 saturated carbocycles.